The molecule has 25 heavy (non-hydrogen) atoms. The SMILES string of the molecule is CCCCCCCCCCOC(=O)C1CCCCC1C(=O)OCCO. The Labute approximate surface area is 152 Å². The topological polar surface area (TPSA) is 72.8 Å². The van der Waals surface area contributed by atoms with Gasteiger partial charge < -0.3 is 14.6 Å². The van der Waals surface area contributed by atoms with Crippen molar-refractivity contribution in [3.63, 3.8) is 0 Å². The molecule has 0 spiro atoms. The fraction of sp³-hybridized carbons (Fsp3) is 0.900. The molecule has 0 aromatic heterocycles. The molecule has 2 atom stereocenters. The van der Waals surface area contributed by atoms with Gasteiger partial charge in [0.15, 0.2) is 0 Å². The van der Waals surface area contributed by atoms with Crippen LogP contribution < -0.4 is 0 Å². The van der Waals surface area contributed by atoms with Crippen molar-refractivity contribution in [3.05, 3.63) is 0 Å². The van der Waals surface area contributed by atoms with Gasteiger partial charge in [0.05, 0.1) is 25.0 Å². The van der Waals surface area contributed by atoms with Gasteiger partial charge in [0.2, 0.25) is 0 Å². The Morgan fingerprint density at radius 1 is 0.800 bits per heavy atom. The Bertz CT molecular complexity index is 369. The van der Waals surface area contributed by atoms with Crippen LogP contribution in [-0.2, 0) is 19.1 Å². The predicted molar refractivity (Wildman–Crippen MR) is 97.1 cm³/mol. The van der Waals surface area contributed by atoms with Crippen LogP contribution in [0.2, 0.25) is 0 Å². The number of carbonyl (C=O) groups excluding carboxylic acids is 2. The molecule has 0 heterocycles. The highest BCUT2D eigenvalue weighted by Crippen LogP contribution is 2.32. The summed E-state index contributed by atoms with van der Waals surface area (Å²) in [4.78, 5) is 24.4. The standard InChI is InChI=1S/C20H36O5/c1-2-3-4-5-6-7-8-11-15-24-19(22)17-12-9-10-13-18(17)20(23)25-16-14-21/h17-18,21H,2-16H2,1H3. The second kappa shape index (κ2) is 14.1. The van der Waals surface area contributed by atoms with Crippen LogP contribution in [0.3, 0.4) is 0 Å². The molecule has 2 unspecified atom stereocenters. The largest absolute Gasteiger partial charge is 0.465 e. The van der Waals surface area contributed by atoms with Gasteiger partial charge in [-0.1, -0.05) is 64.7 Å². The van der Waals surface area contributed by atoms with Crippen molar-refractivity contribution in [2.75, 3.05) is 19.8 Å². The number of esters is 2. The molecule has 0 aromatic rings. The zero-order valence-corrected chi connectivity index (χ0v) is 15.8. The van der Waals surface area contributed by atoms with Gasteiger partial charge in [-0.15, -0.1) is 0 Å². The summed E-state index contributed by atoms with van der Waals surface area (Å²) in [7, 11) is 0. The molecule has 146 valence electrons. The average molecular weight is 357 g/mol. The monoisotopic (exact) mass is 356 g/mol. The van der Waals surface area contributed by atoms with Crippen molar-refractivity contribution in [1.29, 1.82) is 0 Å². The smallest absolute Gasteiger partial charge is 0.309 e. The maximum Gasteiger partial charge on any atom is 0.309 e. The minimum Gasteiger partial charge on any atom is -0.465 e. The van der Waals surface area contributed by atoms with Crippen LogP contribution in [0.25, 0.3) is 0 Å². The second-order valence-corrected chi connectivity index (χ2v) is 7.03. The molecule has 0 bridgehead atoms. The summed E-state index contributed by atoms with van der Waals surface area (Å²) in [6.45, 7) is 2.47. The molecule has 1 rings (SSSR count). The first-order chi connectivity index (χ1) is 12.2. The number of ether oxygens (including phenoxy) is 2. The van der Waals surface area contributed by atoms with Gasteiger partial charge in [-0.25, -0.2) is 0 Å². The number of aliphatic hydroxyl groups excluding tert-OH is 1. The lowest BCUT2D eigenvalue weighted by Crippen LogP contribution is -2.35. The van der Waals surface area contributed by atoms with E-state index in [9.17, 15) is 9.59 Å². The highest BCUT2D eigenvalue weighted by Gasteiger charge is 2.37. The third-order valence-corrected chi connectivity index (χ3v) is 4.95. The molecule has 1 aliphatic carbocycles. The van der Waals surface area contributed by atoms with Crippen LogP contribution in [-0.4, -0.2) is 36.9 Å². The molecule has 5 heteroatoms. The van der Waals surface area contributed by atoms with Crippen LogP contribution in [0.4, 0.5) is 0 Å². The normalized spacial score (nSPS) is 20.2. The summed E-state index contributed by atoms with van der Waals surface area (Å²) in [6, 6.07) is 0. The first-order valence-corrected chi connectivity index (χ1v) is 10.1. The molecule has 0 amide bonds. The minimum absolute atomic E-state index is 0.00461. The van der Waals surface area contributed by atoms with E-state index < -0.39 is 5.92 Å². The van der Waals surface area contributed by atoms with Crippen LogP contribution >= 0.6 is 0 Å². The van der Waals surface area contributed by atoms with Gasteiger partial charge >= 0.3 is 11.9 Å². The molecule has 1 saturated carbocycles. The van der Waals surface area contributed by atoms with Crippen LogP contribution in [0.15, 0.2) is 0 Å². The van der Waals surface area contributed by atoms with Gasteiger partial charge in [0.25, 0.3) is 0 Å². The van der Waals surface area contributed by atoms with E-state index in [1.165, 1.54) is 38.5 Å². The highest BCUT2D eigenvalue weighted by molar-refractivity contribution is 5.82. The van der Waals surface area contributed by atoms with E-state index in [0.717, 1.165) is 25.7 Å². The minimum atomic E-state index is -0.411. The zero-order chi connectivity index (χ0) is 18.3. The molecule has 1 aliphatic rings. The fourth-order valence-electron chi connectivity index (χ4n) is 3.46. The molecule has 1 fully saturated rings. The third kappa shape index (κ3) is 9.24. The lowest BCUT2D eigenvalue weighted by atomic mass is 9.79. The maximum atomic E-state index is 12.3. The number of unbranched alkanes of at least 4 members (excludes halogenated alkanes) is 7. The molecule has 0 aromatic carbocycles. The van der Waals surface area contributed by atoms with Gasteiger partial charge in [-0.05, 0) is 19.3 Å². The molecular formula is C20H36O5. The summed E-state index contributed by atoms with van der Waals surface area (Å²) >= 11 is 0. The van der Waals surface area contributed by atoms with Crippen molar-refractivity contribution in [3.8, 4) is 0 Å². The molecule has 5 nitrogen and oxygen atoms in total. The molecular weight excluding hydrogens is 320 g/mol. The van der Waals surface area contributed by atoms with Gasteiger partial charge in [0.1, 0.15) is 6.61 Å². The van der Waals surface area contributed by atoms with Crippen molar-refractivity contribution in [1.82, 2.24) is 0 Å². The lowest BCUT2D eigenvalue weighted by Gasteiger charge is -2.28. The van der Waals surface area contributed by atoms with Crippen LogP contribution in [0, 0.1) is 11.8 Å². The Morgan fingerprint density at radius 2 is 1.28 bits per heavy atom. The Morgan fingerprint density at radius 3 is 1.80 bits per heavy atom. The molecule has 0 aliphatic heterocycles. The fourth-order valence-corrected chi connectivity index (χ4v) is 3.46. The Balaban J connectivity index is 2.19. The molecule has 1 N–H and O–H groups in total. The first kappa shape index (κ1) is 21.9. The van der Waals surface area contributed by atoms with Gasteiger partial charge in [0, 0.05) is 0 Å². The summed E-state index contributed by atoms with van der Waals surface area (Å²) in [5, 5.41) is 8.77. The number of carbonyl (C=O) groups is 2. The van der Waals surface area contributed by atoms with Crippen LogP contribution in [0.1, 0.15) is 84.0 Å². The van der Waals surface area contributed by atoms with E-state index in [1.54, 1.807) is 0 Å². The Kier molecular flexibility index (Phi) is 12.4. The lowest BCUT2D eigenvalue weighted by molar-refractivity contribution is -0.163. The van der Waals surface area contributed by atoms with E-state index in [0.29, 0.717) is 19.4 Å². The number of rotatable bonds is 13. The first-order valence-electron chi connectivity index (χ1n) is 10.1. The second-order valence-electron chi connectivity index (χ2n) is 7.03. The van der Waals surface area contributed by atoms with Gasteiger partial charge in [-0.2, -0.15) is 0 Å². The zero-order valence-electron chi connectivity index (χ0n) is 15.8. The summed E-state index contributed by atoms with van der Waals surface area (Å²) < 4.78 is 10.4. The Hall–Kier alpha value is -1.10. The number of hydrogen-bond donors (Lipinski definition) is 1. The quantitative estimate of drug-likeness (QED) is 0.399. The predicted octanol–water partition coefficient (Wildman–Crippen LogP) is 4.01. The van der Waals surface area contributed by atoms with Crippen molar-refractivity contribution >= 4 is 11.9 Å². The summed E-state index contributed by atoms with van der Waals surface area (Å²) in [5.74, 6) is -1.42. The summed E-state index contributed by atoms with van der Waals surface area (Å²) in [6.07, 6.45) is 12.9. The molecule has 0 saturated heterocycles. The van der Waals surface area contributed by atoms with Crippen LogP contribution in [0.5, 0.6) is 0 Å². The third-order valence-electron chi connectivity index (χ3n) is 4.95. The van der Waals surface area contributed by atoms with E-state index in [1.807, 2.05) is 0 Å². The van der Waals surface area contributed by atoms with E-state index in [4.69, 9.17) is 14.6 Å². The summed E-state index contributed by atoms with van der Waals surface area (Å²) in [5.41, 5.74) is 0. The van der Waals surface area contributed by atoms with Gasteiger partial charge in [-0.3, -0.25) is 9.59 Å². The maximum absolute atomic E-state index is 12.3. The molecule has 0 radical (unpaired) electrons. The van der Waals surface area contributed by atoms with E-state index in [2.05, 4.69) is 6.92 Å². The highest BCUT2D eigenvalue weighted by atomic mass is 16.5. The average Bonchev–Trinajstić information content (AvgIpc) is 2.64. The van der Waals surface area contributed by atoms with Crippen molar-refractivity contribution in [2.24, 2.45) is 11.8 Å². The van der Waals surface area contributed by atoms with E-state index >= 15 is 0 Å². The number of hydrogen-bond acceptors (Lipinski definition) is 5. The number of aliphatic hydroxyl groups is 1. The van der Waals surface area contributed by atoms with Crippen molar-refractivity contribution in [2.45, 2.75) is 84.0 Å². The van der Waals surface area contributed by atoms with E-state index in [-0.39, 0.29) is 31.1 Å². The van der Waals surface area contributed by atoms with Crippen molar-refractivity contribution < 1.29 is 24.2 Å².